The number of aromatic nitrogens is 3. The van der Waals surface area contributed by atoms with Gasteiger partial charge in [0.15, 0.2) is 0 Å². The Hall–Kier alpha value is -3.88. The lowest BCUT2D eigenvalue weighted by atomic mass is 10.1. The number of H-pyrrole nitrogens is 1. The van der Waals surface area contributed by atoms with Gasteiger partial charge in [0.05, 0.1) is 16.4 Å². The lowest BCUT2D eigenvalue weighted by Gasteiger charge is -2.17. The molecule has 0 saturated heterocycles. The fraction of sp³-hybridized carbons (Fsp3) is 0.185. The summed E-state index contributed by atoms with van der Waals surface area (Å²) in [7, 11) is 0. The number of hydrogen-bond donors (Lipinski definition) is 3. The van der Waals surface area contributed by atoms with Gasteiger partial charge in [0.2, 0.25) is 0 Å². The average Bonchev–Trinajstić information content (AvgIpc) is 3.44. The third-order valence-electron chi connectivity index (χ3n) is 6.52. The Balaban J connectivity index is 1.39. The molecule has 35 heavy (non-hydrogen) atoms. The molecule has 1 fully saturated rings. The standard InChI is InChI=1S/C27H25N5O2S/c1-16-30-24-23-22(32(16)17-10-12-19(13-11-17)34-18-6-3-2-4-7-18)14-15-29-27(23)35-25(24)26(33)31-21-9-5-8-20(21)28/h2-4,6-7,10-15,20-21,30H,1,5,8-9,28H2,(H,31,33)/t20-,21?/m0/s1. The van der Waals surface area contributed by atoms with Gasteiger partial charge in [-0.3, -0.25) is 9.36 Å². The molecule has 1 unspecified atom stereocenters. The van der Waals surface area contributed by atoms with Crippen molar-refractivity contribution in [3.05, 3.63) is 77.2 Å². The number of aromatic amines is 1. The maximum atomic E-state index is 13.2. The summed E-state index contributed by atoms with van der Waals surface area (Å²) in [6, 6.07) is 19.5. The van der Waals surface area contributed by atoms with Crippen LogP contribution in [0.3, 0.4) is 0 Å². The molecule has 7 nitrogen and oxygen atoms in total. The maximum absolute atomic E-state index is 13.2. The highest BCUT2D eigenvalue weighted by Crippen LogP contribution is 2.34. The number of para-hydroxylation sites is 1. The van der Waals surface area contributed by atoms with Crippen LogP contribution >= 0.6 is 11.3 Å². The van der Waals surface area contributed by atoms with Gasteiger partial charge < -0.3 is 20.8 Å². The van der Waals surface area contributed by atoms with Gasteiger partial charge in [0, 0.05) is 24.0 Å². The topological polar surface area (TPSA) is 98.0 Å². The number of benzene rings is 2. The van der Waals surface area contributed by atoms with E-state index < -0.39 is 0 Å². The Labute approximate surface area is 205 Å². The van der Waals surface area contributed by atoms with Crippen molar-refractivity contribution in [1.82, 2.24) is 19.9 Å². The van der Waals surface area contributed by atoms with E-state index >= 15 is 0 Å². The van der Waals surface area contributed by atoms with E-state index in [1.165, 1.54) is 11.3 Å². The molecule has 3 heterocycles. The van der Waals surface area contributed by atoms with Crippen LogP contribution in [0.25, 0.3) is 33.5 Å². The third kappa shape index (κ3) is 3.90. The molecule has 2 aromatic carbocycles. The van der Waals surface area contributed by atoms with E-state index in [9.17, 15) is 4.79 Å². The number of rotatable bonds is 5. The van der Waals surface area contributed by atoms with Gasteiger partial charge >= 0.3 is 0 Å². The zero-order valence-electron chi connectivity index (χ0n) is 19.0. The molecule has 2 atom stereocenters. The minimum atomic E-state index is -0.118. The van der Waals surface area contributed by atoms with Crippen molar-refractivity contribution in [3.63, 3.8) is 0 Å². The number of thiophene rings is 1. The van der Waals surface area contributed by atoms with Gasteiger partial charge in [-0.15, -0.1) is 11.3 Å². The fourth-order valence-electron chi connectivity index (χ4n) is 4.80. The van der Waals surface area contributed by atoms with Crippen LogP contribution in [0.5, 0.6) is 11.5 Å². The summed E-state index contributed by atoms with van der Waals surface area (Å²) in [5, 5.41) is 4.04. The van der Waals surface area contributed by atoms with Gasteiger partial charge in [-0.05, 0) is 61.7 Å². The van der Waals surface area contributed by atoms with Crippen molar-refractivity contribution in [3.8, 4) is 17.2 Å². The van der Waals surface area contributed by atoms with Crippen LogP contribution in [-0.2, 0) is 0 Å². The van der Waals surface area contributed by atoms with E-state index in [1.54, 1.807) is 6.20 Å². The lowest BCUT2D eigenvalue weighted by molar-refractivity contribution is 0.0940. The van der Waals surface area contributed by atoms with Gasteiger partial charge in [-0.25, -0.2) is 4.98 Å². The first kappa shape index (κ1) is 21.6. The molecule has 0 bridgehead atoms. The zero-order chi connectivity index (χ0) is 23.9. The van der Waals surface area contributed by atoms with Crippen LogP contribution in [0.4, 0.5) is 0 Å². The predicted octanol–water partition coefficient (Wildman–Crippen LogP) is 4.66. The summed E-state index contributed by atoms with van der Waals surface area (Å²) in [6.45, 7) is 4.26. The molecule has 1 aliphatic rings. The predicted molar refractivity (Wildman–Crippen MR) is 140 cm³/mol. The molecule has 0 aliphatic heterocycles. The first-order valence-electron chi connectivity index (χ1n) is 11.7. The van der Waals surface area contributed by atoms with Crippen molar-refractivity contribution >= 4 is 45.1 Å². The molecule has 3 aromatic heterocycles. The zero-order valence-corrected chi connectivity index (χ0v) is 19.8. The number of amides is 1. The highest BCUT2D eigenvalue weighted by atomic mass is 32.1. The molecule has 1 saturated carbocycles. The van der Waals surface area contributed by atoms with Crippen molar-refractivity contribution in [2.75, 3.05) is 0 Å². The summed E-state index contributed by atoms with van der Waals surface area (Å²) in [6.07, 6.45) is 4.66. The largest absolute Gasteiger partial charge is 0.457 e. The first-order chi connectivity index (χ1) is 17.1. The summed E-state index contributed by atoms with van der Waals surface area (Å²) < 4.78 is 7.97. The van der Waals surface area contributed by atoms with E-state index in [0.717, 1.165) is 57.7 Å². The number of carbonyl (C=O) groups excluding carboxylic acids is 1. The molecule has 1 amide bonds. The summed E-state index contributed by atoms with van der Waals surface area (Å²) in [4.78, 5) is 22.5. The molecule has 0 radical (unpaired) electrons. The molecule has 8 heteroatoms. The molecular weight excluding hydrogens is 458 g/mol. The average molecular weight is 484 g/mol. The lowest BCUT2D eigenvalue weighted by Crippen LogP contribution is -2.43. The second-order valence-corrected chi connectivity index (χ2v) is 9.81. The van der Waals surface area contributed by atoms with Gasteiger partial charge in [0.25, 0.3) is 5.91 Å². The Morgan fingerprint density at radius 2 is 1.89 bits per heavy atom. The summed E-state index contributed by atoms with van der Waals surface area (Å²) in [5.74, 6) is 1.41. The van der Waals surface area contributed by atoms with E-state index in [0.29, 0.717) is 10.4 Å². The second-order valence-electron chi connectivity index (χ2n) is 8.81. The minimum Gasteiger partial charge on any atom is -0.457 e. The van der Waals surface area contributed by atoms with Gasteiger partial charge in [-0.1, -0.05) is 24.8 Å². The van der Waals surface area contributed by atoms with E-state index in [4.69, 9.17) is 10.5 Å². The number of nitrogens with two attached hydrogens (primary N) is 1. The van der Waals surface area contributed by atoms with Crippen LogP contribution in [0.1, 0.15) is 28.9 Å². The Morgan fingerprint density at radius 1 is 1.11 bits per heavy atom. The Kier molecular flexibility index (Phi) is 5.39. The molecule has 4 N–H and O–H groups in total. The molecule has 0 spiro atoms. The van der Waals surface area contributed by atoms with Crippen molar-refractivity contribution < 1.29 is 9.53 Å². The normalized spacial score (nSPS) is 17.7. The van der Waals surface area contributed by atoms with Gasteiger partial charge in [0.1, 0.15) is 26.7 Å². The SMILES string of the molecule is C=c1[nH]c2c(C(=O)NC3CCC[C@@H]3N)sc3nccc(c32)n1-c1ccc(Oc2ccccc2)cc1. The fourth-order valence-corrected chi connectivity index (χ4v) is 5.82. The molecule has 5 aromatic rings. The highest BCUT2D eigenvalue weighted by molar-refractivity contribution is 7.21. The molecular formula is C27H25N5O2S. The maximum Gasteiger partial charge on any atom is 0.263 e. The van der Waals surface area contributed by atoms with Crippen molar-refractivity contribution in [2.24, 2.45) is 5.73 Å². The van der Waals surface area contributed by atoms with E-state index in [-0.39, 0.29) is 18.0 Å². The van der Waals surface area contributed by atoms with Crippen molar-refractivity contribution in [1.29, 1.82) is 0 Å². The quantitative estimate of drug-likeness (QED) is 0.339. The van der Waals surface area contributed by atoms with Crippen LogP contribution in [0, 0.1) is 0 Å². The van der Waals surface area contributed by atoms with Crippen molar-refractivity contribution in [2.45, 2.75) is 31.3 Å². The van der Waals surface area contributed by atoms with Crippen LogP contribution in [0.2, 0.25) is 0 Å². The number of nitrogens with zero attached hydrogens (tertiary/aromatic N) is 2. The molecule has 1 aliphatic carbocycles. The third-order valence-corrected chi connectivity index (χ3v) is 7.61. The highest BCUT2D eigenvalue weighted by Gasteiger charge is 2.28. The Morgan fingerprint density at radius 3 is 2.63 bits per heavy atom. The number of nitrogens with one attached hydrogen (secondary N) is 2. The van der Waals surface area contributed by atoms with E-state index in [2.05, 4.69) is 21.9 Å². The second kappa shape index (κ2) is 8.72. The van der Waals surface area contributed by atoms with Crippen LogP contribution < -0.4 is 21.3 Å². The Bertz CT molecular complexity index is 1580. The molecule has 176 valence electrons. The molecule has 6 rings (SSSR count). The smallest absolute Gasteiger partial charge is 0.263 e. The van der Waals surface area contributed by atoms with Crippen LogP contribution in [-0.4, -0.2) is 32.5 Å². The number of pyridine rings is 1. The van der Waals surface area contributed by atoms with Crippen LogP contribution in [0.15, 0.2) is 66.9 Å². The number of carbonyl (C=O) groups is 1. The van der Waals surface area contributed by atoms with E-state index in [1.807, 2.05) is 65.2 Å². The summed E-state index contributed by atoms with van der Waals surface area (Å²) in [5.41, 5.74) is 9.44. The number of ether oxygens (including phenoxy) is 1. The summed E-state index contributed by atoms with van der Waals surface area (Å²) >= 11 is 1.38. The first-order valence-corrected chi connectivity index (χ1v) is 12.5. The monoisotopic (exact) mass is 483 g/mol. The minimum absolute atomic E-state index is 0.00521. The number of hydrogen-bond acceptors (Lipinski definition) is 5. The van der Waals surface area contributed by atoms with Gasteiger partial charge in [-0.2, -0.15) is 0 Å².